The maximum Gasteiger partial charge on any atom is 0.258 e. The van der Waals surface area contributed by atoms with Gasteiger partial charge in [-0.05, 0) is 68.1 Å². The van der Waals surface area contributed by atoms with Gasteiger partial charge < -0.3 is 5.32 Å². The minimum absolute atomic E-state index is 0.0633. The molecule has 0 bridgehead atoms. The van der Waals surface area contributed by atoms with Crippen LogP contribution in [0.2, 0.25) is 0 Å². The van der Waals surface area contributed by atoms with E-state index >= 15 is 0 Å². The Morgan fingerprint density at radius 3 is 2.38 bits per heavy atom. The summed E-state index contributed by atoms with van der Waals surface area (Å²) in [5.41, 5.74) is 2.31. The first-order valence-corrected chi connectivity index (χ1v) is 11.3. The number of halogens is 1. The maximum absolute atomic E-state index is 14.3. The Labute approximate surface area is 172 Å². The Kier molecular flexibility index (Phi) is 6.39. The van der Waals surface area contributed by atoms with Gasteiger partial charge in [0.15, 0.2) is 0 Å². The third-order valence-corrected chi connectivity index (χ3v) is 7.62. The summed E-state index contributed by atoms with van der Waals surface area (Å²) in [6.45, 7) is 3.87. The fourth-order valence-electron chi connectivity index (χ4n) is 3.66. The fraction of sp³-hybridized carbons (Fsp3) is 0.409. The zero-order valence-corrected chi connectivity index (χ0v) is 17.9. The van der Waals surface area contributed by atoms with E-state index in [1.54, 1.807) is 19.2 Å². The van der Waals surface area contributed by atoms with E-state index in [9.17, 15) is 17.6 Å². The van der Waals surface area contributed by atoms with Crippen LogP contribution in [-0.2, 0) is 10.0 Å². The molecule has 7 heteroatoms. The normalized spacial score (nSPS) is 15.5. The van der Waals surface area contributed by atoms with Crippen molar-refractivity contribution in [3.63, 3.8) is 0 Å². The van der Waals surface area contributed by atoms with Gasteiger partial charge in [0.2, 0.25) is 10.0 Å². The Bertz CT molecular complexity index is 1010. The number of amides is 1. The number of benzene rings is 2. The number of nitrogens with zero attached hydrogens (tertiary/aromatic N) is 1. The highest BCUT2D eigenvalue weighted by Crippen LogP contribution is 2.27. The molecule has 1 amide bonds. The first kappa shape index (κ1) is 21.5. The summed E-state index contributed by atoms with van der Waals surface area (Å²) in [6, 6.07) is 8.71. The second-order valence-electron chi connectivity index (χ2n) is 7.71. The van der Waals surface area contributed by atoms with Gasteiger partial charge in [0.25, 0.3) is 5.91 Å². The van der Waals surface area contributed by atoms with Crippen molar-refractivity contribution in [2.75, 3.05) is 12.4 Å². The van der Waals surface area contributed by atoms with E-state index in [-0.39, 0.29) is 16.5 Å². The monoisotopic (exact) mass is 418 g/mol. The van der Waals surface area contributed by atoms with Crippen molar-refractivity contribution in [2.24, 2.45) is 0 Å². The van der Waals surface area contributed by atoms with Crippen molar-refractivity contribution in [3.05, 3.63) is 58.9 Å². The van der Waals surface area contributed by atoms with E-state index in [4.69, 9.17) is 0 Å². The molecule has 156 valence electrons. The summed E-state index contributed by atoms with van der Waals surface area (Å²) < 4.78 is 41.8. The van der Waals surface area contributed by atoms with E-state index in [0.29, 0.717) is 5.69 Å². The van der Waals surface area contributed by atoms with Gasteiger partial charge in [0, 0.05) is 18.8 Å². The lowest BCUT2D eigenvalue weighted by molar-refractivity contribution is 0.102. The fourth-order valence-corrected chi connectivity index (χ4v) is 5.11. The molecule has 1 aliphatic rings. The van der Waals surface area contributed by atoms with Gasteiger partial charge in [-0.15, -0.1) is 0 Å². The topological polar surface area (TPSA) is 66.5 Å². The van der Waals surface area contributed by atoms with Gasteiger partial charge >= 0.3 is 0 Å². The number of aryl methyl sites for hydroxylation is 2. The smallest absolute Gasteiger partial charge is 0.258 e. The summed E-state index contributed by atoms with van der Waals surface area (Å²) in [6.07, 6.45) is 4.74. The lowest BCUT2D eigenvalue weighted by Crippen LogP contribution is -2.38. The molecule has 5 nitrogen and oxygen atoms in total. The van der Waals surface area contributed by atoms with Crippen LogP contribution in [0.25, 0.3) is 0 Å². The van der Waals surface area contributed by atoms with Gasteiger partial charge in [0.05, 0.1) is 10.5 Å². The van der Waals surface area contributed by atoms with Gasteiger partial charge in [-0.1, -0.05) is 25.3 Å². The second kappa shape index (κ2) is 8.63. The molecule has 1 fully saturated rings. The van der Waals surface area contributed by atoms with Crippen LogP contribution in [0.4, 0.5) is 10.1 Å². The molecule has 0 radical (unpaired) electrons. The number of hydrogen-bond acceptors (Lipinski definition) is 3. The van der Waals surface area contributed by atoms with E-state index in [2.05, 4.69) is 5.32 Å². The van der Waals surface area contributed by atoms with Crippen LogP contribution in [0, 0.1) is 19.7 Å². The van der Waals surface area contributed by atoms with Crippen molar-refractivity contribution in [1.29, 1.82) is 0 Å². The largest absolute Gasteiger partial charge is 0.322 e. The summed E-state index contributed by atoms with van der Waals surface area (Å²) in [5, 5.41) is 2.65. The van der Waals surface area contributed by atoms with Gasteiger partial charge in [0.1, 0.15) is 5.82 Å². The van der Waals surface area contributed by atoms with Crippen molar-refractivity contribution in [1.82, 2.24) is 4.31 Å². The van der Waals surface area contributed by atoms with Crippen LogP contribution in [0.15, 0.2) is 41.3 Å². The van der Waals surface area contributed by atoms with E-state index in [1.165, 1.54) is 10.4 Å². The SMILES string of the molecule is Cc1ccc(NC(=O)c2cc(S(=O)(=O)N(C)C3CCCCC3)ccc2F)cc1C. The van der Waals surface area contributed by atoms with Crippen molar-refractivity contribution < 1.29 is 17.6 Å². The summed E-state index contributed by atoms with van der Waals surface area (Å²) in [4.78, 5) is 12.6. The highest BCUT2D eigenvalue weighted by atomic mass is 32.2. The molecule has 2 aromatic rings. The number of nitrogens with one attached hydrogen (secondary N) is 1. The van der Waals surface area contributed by atoms with Crippen LogP contribution in [0.1, 0.15) is 53.6 Å². The van der Waals surface area contributed by atoms with Gasteiger partial charge in [-0.3, -0.25) is 4.79 Å². The maximum atomic E-state index is 14.3. The molecule has 0 atom stereocenters. The van der Waals surface area contributed by atoms with Crippen LogP contribution in [0.3, 0.4) is 0 Å². The lowest BCUT2D eigenvalue weighted by atomic mass is 9.96. The Balaban J connectivity index is 1.86. The first-order chi connectivity index (χ1) is 13.7. The average molecular weight is 419 g/mol. The molecule has 0 aromatic heterocycles. The lowest BCUT2D eigenvalue weighted by Gasteiger charge is -2.30. The molecule has 1 aliphatic carbocycles. The van der Waals surface area contributed by atoms with Crippen LogP contribution in [-0.4, -0.2) is 31.7 Å². The third-order valence-electron chi connectivity index (χ3n) is 5.71. The zero-order valence-electron chi connectivity index (χ0n) is 17.0. The number of rotatable bonds is 5. The van der Waals surface area contributed by atoms with Crippen LogP contribution in [0.5, 0.6) is 0 Å². The van der Waals surface area contributed by atoms with Crippen molar-refractivity contribution >= 4 is 21.6 Å². The molecule has 3 rings (SSSR count). The Morgan fingerprint density at radius 1 is 1.03 bits per heavy atom. The highest BCUT2D eigenvalue weighted by Gasteiger charge is 2.30. The molecular formula is C22H27FN2O3S. The van der Waals surface area contributed by atoms with Crippen molar-refractivity contribution in [3.8, 4) is 0 Å². The molecule has 0 spiro atoms. The number of anilines is 1. The minimum atomic E-state index is -3.81. The molecule has 0 heterocycles. The van der Waals surface area contributed by atoms with E-state index < -0.39 is 21.7 Å². The quantitative estimate of drug-likeness (QED) is 0.769. The summed E-state index contributed by atoms with van der Waals surface area (Å²) >= 11 is 0. The standard InChI is InChI=1S/C22H27FN2O3S/c1-15-9-10-17(13-16(15)2)24-22(26)20-14-19(11-12-21(20)23)29(27,28)25(3)18-7-5-4-6-8-18/h9-14,18H,4-8H2,1-3H3,(H,24,26). The molecule has 29 heavy (non-hydrogen) atoms. The average Bonchev–Trinajstić information content (AvgIpc) is 2.71. The molecule has 1 saturated carbocycles. The molecule has 0 unspecified atom stereocenters. The zero-order chi connectivity index (χ0) is 21.2. The number of sulfonamides is 1. The summed E-state index contributed by atoms with van der Waals surface area (Å²) in [5.74, 6) is -1.44. The van der Waals surface area contributed by atoms with E-state index in [0.717, 1.165) is 55.4 Å². The molecular weight excluding hydrogens is 391 g/mol. The third kappa shape index (κ3) is 4.67. The second-order valence-corrected chi connectivity index (χ2v) is 9.71. The molecule has 1 N–H and O–H groups in total. The summed E-state index contributed by atoms with van der Waals surface area (Å²) in [7, 11) is -2.25. The Morgan fingerprint density at radius 2 is 1.72 bits per heavy atom. The number of carbonyl (C=O) groups excluding carboxylic acids is 1. The minimum Gasteiger partial charge on any atom is -0.322 e. The van der Waals surface area contributed by atoms with Crippen LogP contribution < -0.4 is 5.32 Å². The first-order valence-electron chi connectivity index (χ1n) is 9.86. The number of hydrogen-bond donors (Lipinski definition) is 1. The Hall–Kier alpha value is -2.25. The van der Waals surface area contributed by atoms with E-state index in [1.807, 2.05) is 19.9 Å². The molecule has 0 aliphatic heterocycles. The van der Waals surface area contributed by atoms with Gasteiger partial charge in [-0.2, -0.15) is 4.31 Å². The van der Waals surface area contributed by atoms with Gasteiger partial charge in [-0.25, -0.2) is 12.8 Å². The molecule has 0 saturated heterocycles. The predicted molar refractivity (Wildman–Crippen MR) is 112 cm³/mol. The number of carbonyl (C=O) groups is 1. The predicted octanol–water partition coefficient (Wildman–Crippen LogP) is 4.65. The van der Waals surface area contributed by atoms with Crippen molar-refractivity contribution in [2.45, 2.75) is 56.9 Å². The van der Waals surface area contributed by atoms with Crippen LogP contribution >= 0.6 is 0 Å². The highest BCUT2D eigenvalue weighted by molar-refractivity contribution is 7.89. The molecule has 2 aromatic carbocycles.